The Labute approximate surface area is 97.7 Å². The van der Waals surface area contributed by atoms with E-state index in [2.05, 4.69) is 20.8 Å². The Balaban J connectivity index is 1.88. The van der Waals surface area contributed by atoms with Gasteiger partial charge in [0.1, 0.15) is 0 Å². The highest BCUT2D eigenvalue weighted by Crippen LogP contribution is 2.65. The summed E-state index contributed by atoms with van der Waals surface area (Å²) in [4.78, 5) is 11.4. The van der Waals surface area contributed by atoms with Crippen LogP contribution in [-0.2, 0) is 9.53 Å². The second-order valence-electron chi connectivity index (χ2n) is 7.32. The standard InChI is InChI=1S/C14H22O2/c1-13(2,3)10-4-9-5-11(10)14(6-9)7-12(15)16-8-14/h9-11H,4-8H2,1-3H3. The van der Waals surface area contributed by atoms with E-state index in [0.29, 0.717) is 18.4 Å². The zero-order chi connectivity index (χ0) is 11.6. The van der Waals surface area contributed by atoms with Crippen LogP contribution >= 0.6 is 0 Å². The van der Waals surface area contributed by atoms with Gasteiger partial charge in [0, 0.05) is 5.41 Å². The summed E-state index contributed by atoms with van der Waals surface area (Å²) in [7, 11) is 0. The van der Waals surface area contributed by atoms with Gasteiger partial charge in [-0.05, 0) is 42.4 Å². The van der Waals surface area contributed by atoms with E-state index in [4.69, 9.17) is 4.74 Å². The Kier molecular flexibility index (Phi) is 2.01. The van der Waals surface area contributed by atoms with Crippen LogP contribution in [0.4, 0.5) is 0 Å². The van der Waals surface area contributed by atoms with Gasteiger partial charge >= 0.3 is 5.97 Å². The maximum absolute atomic E-state index is 11.4. The van der Waals surface area contributed by atoms with Crippen LogP contribution in [0.2, 0.25) is 0 Å². The van der Waals surface area contributed by atoms with Gasteiger partial charge in [0.2, 0.25) is 0 Å². The van der Waals surface area contributed by atoms with E-state index < -0.39 is 0 Å². The maximum atomic E-state index is 11.4. The minimum Gasteiger partial charge on any atom is -0.465 e. The van der Waals surface area contributed by atoms with Crippen molar-refractivity contribution in [3.63, 3.8) is 0 Å². The van der Waals surface area contributed by atoms with Crippen LogP contribution in [0.1, 0.15) is 46.5 Å². The lowest BCUT2D eigenvalue weighted by molar-refractivity contribution is -0.137. The molecule has 4 atom stereocenters. The number of hydrogen-bond donors (Lipinski definition) is 0. The number of rotatable bonds is 0. The molecule has 0 aromatic rings. The molecular formula is C14H22O2. The monoisotopic (exact) mass is 222 g/mol. The van der Waals surface area contributed by atoms with Crippen molar-refractivity contribution in [2.75, 3.05) is 6.61 Å². The number of cyclic esters (lactones) is 1. The molecule has 0 aromatic carbocycles. The van der Waals surface area contributed by atoms with Gasteiger partial charge in [-0.15, -0.1) is 0 Å². The molecule has 0 radical (unpaired) electrons. The Morgan fingerprint density at radius 3 is 2.56 bits per heavy atom. The molecule has 2 heteroatoms. The average molecular weight is 222 g/mol. The zero-order valence-electron chi connectivity index (χ0n) is 10.6. The first-order valence-electron chi connectivity index (χ1n) is 6.56. The predicted molar refractivity (Wildman–Crippen MR) is 61.8 cm³/mol. The molecule has 2 aliphatic carbocycles. The van der Waals surface area contributed by atoms with Crippen molar-refractivity contribution in [1.82, 2.24) is 0 Å². The van der Waals surface area contributed by atoms with E-state index in [-0.39, 0.29) is 11.4 Å². The first kappa shape index (κ1) is 10.6. The van der Waals surface area contributed by atoms with Gasteiger partial charge < -0.3 is 4.74 Å². The van der Waals surface area contributed by atoms with Crippen molar-refractivity contribution >= 4 is 5.97 Å². The average Bonchev–Trinajstić information content (AvgIpc) is 2.79. The molecule has 4 unspecified atom stereocenters. The van der Waals surface area contributed by atoms with Gasteiger partial charge in [0.15, 0.2) is 0 Å². The number of fused-ring (bicyclic) bond motifs is 3. The van der Waals surface area contributed by atoms with Crippen LogP contribution in [0, 0.1) is 28.6 Å². The highest BCUT2D eigenvalue weighted by atomic mass is 16.5. The Morgan fingerprint density at radius 2 is 2.06 bits per heavy atom. The minimum atomic E-state index is 0.0419. The molecule has 1 saturated heterocycles. The molecule has 3 rings (SSSR count). The third-order valence-corrected chi connectivity index (χ3v) is 5.27. The van der Waals surface area contributed by atoms with Crippen LogP contribution in [0.3, 0.4) is 0 Å². The highest BCUT2D eigenvalue weighted by molar-refractivity contribution is 5.72. The summed E-state index contributed by atoms with van der Waals surface area (Å²) < 4.78 is 5.27. The van der Waals surface area contributed by atoms with Gasteiger partial charge in [-0.1, -0.05) is 20.8 Å². The third kappa shape index (κ3) is 1.34. The SMILES string of the molecule is CC(C)(C)C1CC2CC1C1(COC(=O)C1)C2. The van der Waals surface area contributed by atoms with E-state index in [1.165, 1.54) is 19.3 Å². The number of hydrogen-bond acceptors (Lipinski definition) is 2. The second-order valence-corrected chi connectivity index (χ2v) is 7.32. The van der Waals surface area contributed by atoms with E-state index >= 15 is 0 Å². The molecule has 2 nitrogen and oxygen atoms in total. The van der Waals surface area contributed by atoms with Crippen molar-refractivity contribution in [2.24, 2.45) is 28.6 Å². The number of esters is 1. The van der Waals surface area contributed by atoms with E-state index in [0.717, 1.165) is 17.8 Å². The fourth-order valence-corrected chi connectivity index (χ4v) is 4.65. The highest BCUT2D eigenvalue weighted by Gasteiger charge is 2.60. The van der Waals surface area contributed by atoms with Crippen molar-refractivity contribution < 1.29 is 9.53 Å². The fraction of sp³-hybridized carbons (Fsp3) is 0.929. The third-order valence-electron chi connectivity index (χ3n) is 5.27. The normalized spacial score (nSPS) is 46.7. The van der Waals surface area contributed by atoms with Gasteiger partial charge in [-0.2, -0.15) is 0 Å². The largest absolute Gasteiger partial charge is 0.465 e. The van der Waals surface area contributed by atoms with Crippen molar-refractivity contribution in [2.45, 2.75) is 46.5 Å². The molecule has 1 spiro atoms. The van der Waals surface area contributed by atoms with Crippen molar-refractivity contribution in [1.29, 1.82) is 0 Å². The first-order valence-corrected chi connectivity index (χ1v) is 6.56. The summed E-state index contributed by atoms with van der Waals surface area (Å²) in [6, 6.07) is 0. The summed E-state index contributed by atoms with van der Waals surface area (Å²) >= 11 is 0. The Hall–Kier alpha value is -0.530. The minimum absolute atomic E-state index is 0.0419. The van der Waals surface area contributed by atoms with Gasteiger partial charge in [0.25, 0.3) is 0 Å². The molecule has 1 aliphatic heterocycles. The van der Waals surface area contributed by atoms with Crippen LogP contribution in [-0.4, -0.2) is 12.6 Å². The quantitative estimate of drug-likeness (QED) is 0.589. The summed E-state index contributed by atoms with van der Waals surface area (Å²) in [6.45, 7) is 7.76. The van der Waals surface area contributed by atoms with E-state index in [9.17, 15) is 4.79 Å². The number of carbonyl (C=O) groups is 1. The van der Waals surface area contributed by atoms with E-state index in [1.54, 1.807) is 0 Å². The smallest absolute Gasteiger partial charge is 0.306 e. The van der Waals surface area contributed by atoms with Crippen LogP contribution < -0.4 is 0 Å². The number of carbonyl (C=O) groups excluding carboxylic acids is 1. The molecule has 3 fully saturated rings. The van der Waals surface area contributed by atoms with E-state index in [1.807, 2.05) is 0 Å². The molecule has 0 N–H and O–H groups in total. The lowest BCUT2D eigenvalue weighted by Gasteiger charge is -2.42. The summed E-state index contributed by atoms with van der Waals surface area (Å²) in [5.74, 6) is 2.44. The summed E-state index contributed by atoms with van der Waals surface area (Å²) in [5, 5.41) is 0. The molecule has 1 heterocycles. The lowest BCUT2D eigenvalue weighted by Crippen LogP contribution is -2.38. The summed E-state index contributed by atoms with van der Waals surface area (Å²) in [6.07, 6.45) is 4.67. The molecular weight excluding hydrogens is 200 g/mol. The molecule has 0 amide bonds. The molecule has 3 aliphatic rings. The number of ether oxygens (including phenoxy) is 1. The van der Waals surface area contributed by atoms with Crippen LogP contribution in [0.15, 0.2) is 0 Å². The maximum Gasteiger partial charge on any atom is 0.306 e. The second kappa shape index (κ2) is 3.02. The van der Waals surface area contributed by atoms with Gasteiger partial charge in [0.05, 0.1) is 13.0 Å². The molecule has 0 aromatic heterocycles. The van der Waals surface area contributed by atoms with Crippen LogP contribution in [0.5, 0.6) is 0 Å². The summed E-state index contributed by atoms with van der Waals surface area (Å²) in [5.41, 5.74) is 0.621. The zero-order valence-corrected chi connectivity index (χ0v) is 10.6. The fourth-order valence-electron chi connectivity index (χ4n) is 4.65. The van der Waals surface area contributed by atoms with Gasteiger partial charge in [-0.25, -0.2) is 0 Å². The molecule has 90 valence electrons. The van der Waals surface area contributed by atoms with Crippen molar-refractivity contribution in [3.05, 3.63) is 0 Å². The first-order chi connectivity index (χ1) is 7.41. The molecule has 2 bridgehead atoms. The lowest BCUT2D eigenvalue weighted by atomic mass is 9.61. The predicted octanol–water partition coefficient (Wildman–Crippen LogP) is 3.01. The molecule has 2 saturated carbocycles. The Bertz CT molecular complexity index is 328. The van der Waals surface area contributed by atoms with Crippen molar-refractivity contribution in [3.8, 4) is 0 Å². The topological polar surface area (TPSA) is 26.3 Å². The van der Waals surface area contributed by atoms with Crippen LogP contribution in [0.25, 0.3) is 0 Å². The molecule has 16 heavy (non-hydrogen) atoms. The van der Waals surface area contributed by atoms with Gasteiger partial charge in [-0.3, -0.25) is 4.79 Å². The Morgan fingerprint density at radius 1 is 1.31 bits per heavy atom.